The first-order valence-corrected chi connectivity index (χ1v) is 10.7. The van der Waals surface area contributed by atoms with Crippen molar-refractivity contribution in [1.29, 1.82) is 0 Å². The van der Waals surface area contributed by atoms with Crippen LogP contribution in [0.3, 0.4) is 0 Å². The van der Waals surface area contributed by atoms with Crippen LogP contribution in [-0.4, -0.2) is 45.2 Å². The molecule has 1 aliphatic heterocycles. The van der Waals surface area contributed by atoms with Gasteiger partial charge in [0.15, 0.2) is 5.60 Å². The maximum Gasteiger partial charge on any atom is 0.326 e. The molecule has 1 aromatic carbocycles. The minimum Gasteiger partial charge on any atom is -0.480 e. The lowest BCUT2D eigenvalue weighted by molar-refractivity contribution is -0.160. The van der Waals surface area contributed by atoms with Gasteiger partial charge in [0, 0.05) is 11.6 Å². The zero-order valence-electron chi connectivity index (χ0n) is 19.3. The molecule has 0 fully saturated rings. The van der Waals surface area contributed by atoms with Crippen LogP contribution in [0.25, 0.3) is 16.5 Å². The topological polar surface area (TPSA) is 127 Å². The first-order valence-electron chi connectivity index (χ1n) is 10.7. The van der Waals surface area contributed by atoms with E-state index >= 15 is 0 Å². The van der Waals surface area contributed by atoms with Crippen molar-refractivity contribution in [2.45, 2.75) is 58.3 Å². The lowest BCUT2D eigenvalue weighted by Crippen LogP contribution is -2.55. The summed E-state index contributed by atoms with van der Waals surface area (Å²) in [6.45, 7) is 8.60. The summed E-state index contributed by atoms with van der Waals surface area (Å²) in [6.07, 6.45) is 2.76. The number of nitrogens with one attached hydrogen (secondary N) is 2. The summed E-state index contributed by atoms with van der Waals surface area (Å²) >= 11 is 0. The average Bonchev–Trinajstić information content (AvgIpc) is 3.18. The molecule has 0 unspecified atom stereocenters. The number of benzene rings is 1. The maximum absolute atomic E-state index is 13.3. The molecule has 1 aromatic heterocycles. The number of carboxylic acid groups (broad SMARTS) is 1. The van der Waals surface area contributed by atoms with Crippen LogP contribution in [0.15, 0.2) is 42.6 Å². The summed E-state index contributed by atoms with van der Waals surface area (Å²) in [7, 11) is 0. The molecule has 9 heteroatoms. The van der Waals surface area contributed by atoms with Gasteiger partial charge in [-0.25, -0.2) is 4.79 Å². The van der Waals surface area contributed by atoms with Crippen LogP contribution in [0.5, 0.6) is 0 Å². The van der Waals surface area contributed by atoms with E-state index in [1.54, 1.807) is 46.9 Å². The summed E-state index contributed by atoms with van der Waals surface area (Å²) in [5.41, 5.74) is 1.61. The van der Waals surface area contributed by atoms with Crippen LogP contribution in [-0.2, 0) is 24.0 Å². The van der Waals surface area contributed by atoms with Crippen molar-refractivity contribution in [3.05, 3.63) is 48.3 Å². The van der Waals surface area contributed by atoms with Crippen molar-refractivity contribution < 1.29 is 29.1 Å². The van der Waals surface area contributed by atoms with Gasteiger partial charge in [0.05, 0.1) is 17.8 Å². The van der Waals surface area contributed by atoms with Crippen molar-refractivity contribution in [3.63, 3.8) is 0 Å². The fraction of sp³-hybridized carbons (Fsp3) is 0.417. The lowest BCUT2D eigenvalue weighted by atomic mass is 9.88. The SMILES string of the molecule is CC(C)[C@@]1(C(=O)N[C@@H](CC(=O)OC(C)(C)C)C(=O)O)C=C(c2nccc3ccccc23)NO1. The number of pyridine rings is 1. The maximum atomic E-state index is 13.3. The van der Waals surface area contributed by atoms with E-state index in [1.165, 1.54) is 0 Å². The van der Waals surface area contributed by atoms with E-state index in [0.29, 0.717) is 11.4 Å². The Hall–Kier alpha value is -3.46. The monoisotopic (exact) mass is 455 g/mol. The Kier molecular flexibility index (Phi) is 6.73. The summed E-state index contributed by atoms with van der Waals surface area (Å²) in [5, 5.41) is 13.9. The molecular weight excluding hydrogens is 426 g/mol. The van der Waals surface area contributed by atoms with Gasteiger partial charge in [-0.05, 0) is 44.2 Å². The molecule has 2 heterocycles. The predicted octanol–water partition coefficient (Wildman–Crippen LogP) is 2.81. The van der Waals surface area contributed by atoms with Crippen molar-refractivity contribution in [2.75, 3.05) is 0 Å². The molecule has 0 saturated heterocycles. The van der Waals surface area contributed by atoms with Crippen LogP contribution in [0.2, 0.25) is 0 Å². The third kappa shape index (κ3) is 5.31. The molecule has 176 valence electrons. The highest BCUT2D eigenvalue weighted by molar-refractivity contribution is 5.97. The van der Waals surface area contributed by atoms with Crippen molar-refractivity contribution in [3.8, 4) is 0 Å². The van der Waals surface area contributed by atoms with Gasteiger partial charge in [0.25, 0.3) is 5.91 Å². The first kappa shape index (κ1) is 24.2. The number of carbonyl (C=O) groups is 3. The number of nitrogens with zero attached hydrogens (tertiary/aromatic N) is 1. The van der Waals surface area contributed by atoms with Gasteiger partial charge in [0.1, 0.15) is 11.6 Å². The van der Waals surface area contributed by atoms with E-state index in [9.17, 15) is 19.5 Å². The molecule has 1 amide bonds. The molecule has 33 heavy (non-hydrogen) atoms. The summed E-state index contributed by atoms with van der Waals surface area (Å²) < 4.78 is 5.20. The van der Waals surface area contributed by atoms with E-state index in [1.807, 2.05) is 30.3 Å². The zero-order chi connectivity index (χ0) is 24.4. The molecule has 3 N–H and O–H groups in total. The Morgan fingerprint density at radius 1 is 1.21 bits per heavy atom. The van der Waals surface area contributed by atoms with Crippen molar-refractivity contribution in [2.24, 2.45) is 5.92 Å². The Morgan fingerprint density at radius 2 is 1.91 bits per heavy atom. The highest BCUT2D eigenvalue weighted by atomic mass is 16.7. The first-order chi connectivity index (χ1) is 15.4. The summed E-state index contributed by atoms with van der Waals surface area (Å²) in [6, 6.07) is 8.08. The van der Waals surface area contributed by atoms with E-state index in [2.05, 4.69) is 15.8 Å². The molecule has 9 nitrogen and oxygen atoms in total. The molecule has 2 aromatic rings. The second-order valence-corrected chi connectivity index (χ2v) is 9.25. The van der Waals surface area contributed by atoms with Gasteiger partial charge < -0.3 is 15.2 Å². The number of carbonyl (C=O) groups excluding carboxylic acids is 2. The Balaban J connectivity index is 1.88. The van der Waals surface area contributed by atoms with Crippen LogP contribution in [0.4, 0.5) is 0 Å². The van der Waals surface area contributed by atoms with Crippen molar-refractivity contribution in [1.82, 2.24) is 15.8 Å². The minimum absolute atomic E-state index is 0.367. The molecular formula is C24H29N3O6. The molecule has 1 aliphatic rings. The highest BCUT2D eigenvalue weighted by Gasteiger charge is 2.47. The van der Waals surface area contributed by atoms with Crippen LogP contribution >= 0.6 is 0 Å². The van der Waals surface area contributed by atoms with E-state index in [-0.39, 0.29) is 5.92 Å². The number of aromatic nitrogens is 1. The Labute approximate surface area is 192 Å². The Bertz CT molecular complexity index is 1100. The molecule has 0 aliphatic carbocycles. The number of hydrogen-bond donors (Lipinski definition) is 3. The van der Waals surface area contributed by atoms with E-state index in [0.717, 1.165) is 10.8 Å². The number of hydrogen-bond acceptors (Lipinski definition) is 7. The predicted molar refractivity (Wildman–Crippen MR) is 122 cm³/mol. The highest BCUT2D eigenvalue weighted by Crippen LogP contribution is 2.34. The van der Waals surface area contributed by atoms with Crippen molar-refractivity contribution >= 4 is 34.3 Å². The van der Waals surface area contributed by atoms with Gasteiger partial charge in [-0.15, -0.1) is 0 Å². The molecule has 3 rings (SSSR count). The number of fused-ring (bicyclic) bond motifs is 1. The van der Waals surface area contributed by atoms with Gasteiger partial charge in [0.2, 0.25) is 0 Å². The standard InChI is InChI=1S/C24H29N3O6/c1-14(2)24(22(31)26-17(21(29)30)12-19(28)32-23(3,4)5)13-18(27-33-24)20-16-9-7-6-8-15(16)10-11-25-20/h6-11,13-14,17,27H,12H2,1-5H3,(H,26,31)(H,29,30)/t17-,24+/m0/s1. The largest absolute Gasteiger partial charge is 0.480 e. The number of aliphatic carboxylic acids is 1. The number of rotatable bonds is 7. The normalized spacial score (nSPS) is 19.0. The van der Waals surface area contributed by atoms with Gasteiger partial charge in [-0.3, -0.25) is 24.9 Å². The van der Waals surface area contributed by atoms with Gasteiger partial charge in [-0.1, -0.05) is 38.1 Å². The third-order valence-electron chi connectivity index (χ3n) is 5.22. The lowest BCUT2D eigenvalue weighted by Gasteiger charge is -2.29. The van der Waals surface area contributed by atoms with Crippen LogP contribution < -0.4 is 10.8 Å². The fourth-order valence-electron chi connectivity index (χ4n) is 3.54. The zero-order valence-corrected chi connectivity index (χ0v) is 19.3. The third-order valence-corrected chi connectivity index (χ3v) is 5.22. The van der Waals surface area contributed by atoms with E-state index < -0.39 is 41.5 Å². The average molecular weight is 456 g/mol. The second kappa shape index (κ2) is 9.19. The molecule has 0 radical (unpaired) electrons. The number of ether oxygens (including phenoxy) is 1. The Morgan fingerprint density at radius 3 is 2.55 bits per heavy atom. The van der Waals surface area contributed by atoms with Gasteiger partial charge in [-0.2, -0.15) is 0 Å². The molecule has 2 atom stereocenters. The van der Waals surface area contributed by atoms with E-state index in [4.69, 9.17) is 9.57 Å². The summed E-state index contributed by atoms with van der Waals surface area (Å²) in [5.74, 6) is -3.13. The van der Waals surface area contributed by atoms with Gasteiger partial charge >= 0.3 is 11.9 Å². The number of esters is 1. The molecule has 0 bridgehead atoms. The fourth-order valence-corrected chi connectivity index (χ4v) is 3.54. The second-order valence-electron chi connectivity index (χ2n) is 9.25. The number of carboxylic acids is 1. The number of hydroxylamine groups is 1. The van der Waals surface area contributed by atoms with Crippen LogP contribution in [0, 0.1) is 5.92 Å². The molecule has 0 spiro atoms. The summed E-state index contributed by atoms with van der Waals surface area (Å²) in [4.78, 5) is 47.4. The quantitative estimate of drug-likeness (QED) is 0.544. The molecule has 0 saturated carbocycles. The number of amides is 1. The minimum atomic E-state index is -1.50. The van der Waals surface area contributed by atoms with Crippen LogP contribution in [0.1, 0.15) is 46.7 Å². The smallest absolute Gasteiger partial charge is 0.326 e.